The summed E-state index contributed by atoms with van der Waals surface area (Å²) in [5.41, 5.74) is 3.53. The van der Waals surface area contributed by atoms with E-state index in [1.54, 1.807) is 10.8 Å². The third kappa shape index (κ3) is 2.02. The summed E-state index contributed by atoms with van der Waals surface area (Å²) >= 11 is 3.67. The van der Waals surface area contributed by atoms with Crippen LogP contribution in [0.2, 0.25) is 0 Å². The Hall–Kier alpha value is -1.75. The molecule has 0 bridgehead atoms. The van der Waals surface area contributed by atoms with Crippen molar-refractivity contribution in [2.24, 2.45) is 0 Å². The fraction of sp³-hybridized carbons (Fsp3) is 0.267. The van der Waals surface area contributed by atoms with Gasteiger partial charge in [-0.2, -0.15) is 0 Å². The van der Waals surface area contributed by atoms with E-state index in [1.807, 2.05) is 38.1 Å². The Bertz CT molecular complexity index is 812. The summed E-state index contributed by atoms with van der Waals surface area (Å²) in [5, 5.41) is 0. The molecule has 2 aromatic heterocycles. The Kier molecular flexibility index (Phi) is 3.30. The second kappa shape index (κ2) is 4.98. The van der Waals surface area contributed by atoms with E-state index >= 15 is 0 Å². The molecule has 0 aliphatic rings. The zero-order chi connectivity index (χ0) is 14.3. The van der Waals surface area contributed by atoms with Crippen LogP contribution in [0.5, 0.6) is 0 Å². The van der Waals surface area contributed by atoms with Gasteiger partial charge in [-0.15, -0.1) is 0 Å². The Morgan fingerprint density at radius 1 is 1.35 bits per heavy atom. The lowest BCUT2D eigenvalue weighted by Crippen LogP contribution is -2.11. The van der Waals surface area contributed by atoms with Crippen molar-refractivity contribution in [2.75, 3.05) is 0 Å². The highest BCUT2D eigenvalue weighted by Gasteiger charge is 2.17. The molecule has 0 aliphatic carbocycles. The van der Waals surface area contributed by atoms with Crippen molar-refractivity contribution in [1.82, 2.24) is 4.57 Å². The fourth-order valence-electron chi connectivity index (χ4n) is 2.38. The van der Waals surface area contributed by atoms with Crippen LogP contribution in [0.4, 0.5) is 0 Å². The van der Waals surface area contributed by atoms with Gasteiger partial charge in [-0.25, -0.2) is 4.79 Å². The first-order chi connectivity index (χ1) is 9.61. The lowest BCUT2D eigenvalue weighted by atomic mass is 10.1. The van der Waals surface area contributed by atoms with Gasteiger partial charge in [0.15, 0.2) is 5.58 Å². The molecule has 0 fully saturated rings. The topological polar surface area (TPSA) is 48.3 Å². The maximum absolute atomic E-state index is 11.7. The molecule has 0 amide bonds. The average molecular weight is 336 g/mol. The standard InChI is InChI=1S/C15H14BrNO3/c1-3-17-12-5-4-10(8-13(12)20-15(17)18)14(16)11-6-7-19-9(11)2/h4-8,14H,3H2,1-2H3. The van der Waals surface area contributed by atoms with Crippen molar-refractivity contribution in [3.05, 3.63) is 58.0 Å². The number of benzene rings is 1. The SMILES string of the molecule is CCn1c(=O)oc2cc(C(Br)c3ccoc3C)ccc21. The summed E-state index contributed by atoms with van der Waals surface area (Å²) in [6.45, 7) is 4.45. The summed E-state index contributed by atoms with van der Waals surface area (Å²) in [4.78, 5) is 11.7. The van der Waals surface area contributed by atoms with E-state index in [9.17, 15) is 4.79 Å². The van der Waals surface area contributed by atoms with Crippen molar-refractivity contribution in [2.45, 2.75) is 25.2 Å². The molecular weight excluding hydrogens is 322 g/mol. The van der Waals surface area contributed by atoms with Crippen molar-refractivity contribution in [3.8, 4) is 0 Å². The number of alkyl halides is 1. The molecule has 20 heavy (non-hydrogen) atoms. The quantitative estimate of drug-likeness (QED) is 0.679. The fourth-order valence-corrected chi connectivity index (χ4v) is 3.14. The van der Waals surface area contributed by atoms with Crippen molar-refractivity contribution >= 4 is 27.0 Å². The molecule has 3 aromatic rings. The van der Waals surface area contributed by atoms with E-state index in [0.29, 0.717) is 12.1 Å². The van der Waals surface area contributed by atoms with Gasteiger partial charge in [-0.3, -0.25) is 4.57 Å². The molecule has 1 unspecified atom stereocenters. The first kappa shape index (κ1) is 13.2. The van der Waals surface area contributed by atoms with Gasteiger partial charge in [-0.1, -0.05) is 22.0 Å². The summed E-state index contributed by atoms with van der Waals surface area (Å²) in [7, 11) is 0. The van der Waals surface area contributed by atoms with Crippen molar-refractivity contribution in [1.29, 1.82) is 0 Å². The molecule has 3 rings (SSSR count). The van der Waals surface area contributed by atoms with Crippen LogP contribution >= 0.6 is 15.9 Å². The summed E-state index contributed by atoms with van der Waals surface area (Å²) in [5.74, 6) is 0.560. The monoisotopic (exact) mass is 335 g/mol. The molecule has 0 saturated carbocycles. The van der Waals surface area contributed by atoms with Crippen LogP contribution in [-0.4, -0.2) is 4.57 Å². The predicted molar refractivity (Wildman–Crippen MR) is 80.4 cm³/mol. The first-order valence-corrected chi connectivity index (χ1v) is 7.34. The molecule has 1 atom stereocenters. The molecule has 4 nitrogen and oxygen atoms in total. The molecule has 0 saturated heterocycles. The van der Waals surface area contributed by atoms with Crippen LogP contribution in [0.1, 0.15) is 28.6 Å². The maximum atomic E-state index is 11.7. The highest BCUT2D eigenvalue weighted by Crippen LogP contribution is 2.34. The van der Waals surface area contributed by atoms with Gasteiger partial charge in [0, 0.05) is 12.1 Å². The number of aromatic nitrogens is 1. The molecule has 104 valence electrons. The number of rotatable bonds is 3. The molecule has 1 aromatic carbocycles. The van der Waals surface area contributed by atoms with Crippen LogP contribution in [0.15, 0.2) is 44.2 Å². The third-order valence-corrected chi connectivity index (χ3v) is 4.50. The van der Waals surface area contributed by atoms with Gasteiger partial charge < -0.3 is 8.83 Å². The highest BCUT2D eigenvalue weighted by molar-refractivity contribution is 9.09. The zero-order valence-corrected chi connectivity index (χ0v) is 12.8. The highest BCUT2D eigenvalue weighted by atomic mass is 79.9. The molecule has 2 heterocycles. The number of halogens is 1. The van der Waals surface area contributed by atoms with Crippen LogP contribution < -0.4 is 5.76 Å². The zero-order valence-electron chi connectivity index (χ0n) is 11.2. The maximum Gasteiger partial charge on any atom is 0.419 e. The van der Waals surface area contributed by atoms with Gasteiger partial charge in [0.1, 0.15) is 5.76 Å². The summed E-state index contributed by atoms with van der Waals surface area (Å²) in [6.07, 6.45) is 1.67. The van der Waals surface area contributed by atoms with E-state index in [-0.39, 0.29) is 10.6 Å². The number of oxazole rings is 1. The van der Waals surface area contributed by atoms with Crippen LogP contribution in [-0.2, 0) is 6.54 Å². The number of furan rings is 1. The third-order valence-electron chi connectivity index (χ3n) is 3.47. The van der Waals surface area contributed by atoms with Gasteiger partial charge in [0.05, 0.1) is 16.6 Å². The number of hydrogen-bond donors (Lipinski definition) is 0. The van der Waals surface area contributed by atoms with Gasteiger partial charge >= 0.3 is 5.76 Å². The largest absolute Gasteiger partial charge is 0.469 e. The Morgan fingerprint density at radius 3 is 2.80 bits per heavy atom. The molecule has 5 heteroatoms. The van der Waals surface area contributed by atoms with Crippen LogP contribution in [0.3, 0.4) is 0 Å². The minimum absolute atomic E-state index is 0.0147. The van der Waals surface area contributed by atoms with E-state index in [1.165, 1.54) is 0 Å². The van der Waals surface area contributed by atoms with E-state index < -0.39 is 0 Å². The lowest BCUT2D eigenvalue weighted by Gasteiger charge is -2.09. The molecular formula is C15H14BrNO3. The first-order valence-electron chi connectivity index (χ1n) is 6.43. The molecule has 0 N–H and O–H groups in total. The van der Waals surface area contributed by atoms with Crippen LogP contribution in [0, 0.1) is 6.92 Å². The van der Waals surface area contributed by atoms with E-state index in [2.05, 4.69) is 15.9 Å². The minimum atomic E-state index is -0.315. The number of aryl methyl sites for hydroxylation is 2. The summed E-state index contributed by atoms with van der Waals surface area (Å²) < 4.78 is 12.2. The second-order valence-corrected chi connectivity index (χ2v) is 5.55. The second-order valence-electron chi connectivity index (χ2n) is 4.63. The smallest absolute Gasteiger partial charge is 0.419 e. The normalized spacial score (nSPS) is 12.9. The number of hydrogen-bond acceptors (Lipinski definition) is 3. The Morgan fingerprint density at radius 2 is 2.15 bits per heavy atom. The molecule has 0 aliphatic heterocycles. The Labute approximate surface area is 124 Å². The Balaban J connectivity index is 2.10. The minimum Gasteiger partial charge on any atom is -0.469 e. The van der Waals surface area contributed by atoms with Gasteiger partial charge in [-0.05, 0) is 37.6 Å². The van der Waals surface area contributed by atoms with E-state index in [0.717, 1.165) is 22.4 Å². The summed E-state index contributed by atoms with van der Waals surface area (Å²) in [6, 6.07) is 7.75. The van der Waals surface area contributed by atoms with Gasteiger partial charge in [0.25, 0.3) is 0 Å². The van der Waals surface area contributed by atoms with Gasteiger partial charge in [0.2, 0.25) is 0 Å². The number of fused-ring (bicyclic) bond motifs is 1. The van der Waals surface area contributed by atoms with E-state index in [4.69, 9.17) is 8.83 Å². The molecule has 0 radical (unpaired) electrons. The lowest BCUT2D eigenvalue weighted by molar-refractivity contribution is 0.513. The predicted octanol–water partition coefficient (Wildman–Crippen LogP) is 4.00. The van der Waals surface area contributed by atoms with Crippen molar-refractivity contribution < 1.29 is 8.83 Å². The van der Waals surface area contributed by atoms with Crippen LogP contribution in [0.25, 0.3) is 11.1 Å². The number of nitrogens with zero attached hydrogens (tertiary/aromatic N) is 1. The average Bonchev–Trinajstić information content (AvgIpc) is 2.99. The van der Waals surface area contributed by atoms with Crippen molar-refractivity contribution in [3.63, 3.8) is 0 Å². The molecule has 0 spiro atoms.